The molecule has 144 valence electrons. The first kappa shape index (κ1) is 22.8. The van der Waals surface area contributed by atoms with Crippen LogP contribution in [0.1, 0.15) is 11.3 Å². The molecule has 2 rings (SSSR count). The molecule has 0 amide bonds. The van der Waals surface area contributed by atoms with Gasteiger partial charge in [0, 0.05) is 38.0 Å². The van der Waals surface area contributed by atoms with Gasteiger partial charge in [-0.25, -0.2) is 17.6 Å². The molecule has 2 N–H and O–H groups in total. The Labute approximate surface area is 174 Å². The lowest BCUT2D eigenvalue weighted by Crippen LogP contribution is -2.37. The van der Waals surface area contributed by atoms with Crippen LogP contribution in [0.5, 0.6) is 0 Å². The van der Waals surface area contributed by atoms with Crippen LogP contribution in [0, 0.1) is 23.3 Å². The van der Waals surface area contributed by atoms with Crippen molar-refractivity contribution in [1.82, 2.24) is 15.2 Å². The van der Waals surface area contributed by atoms with E-state index in [9.17, 15) is 17.6 Å². The number of halogens is 7. The third-order valence-corrected chi connectivity index (χ3v) is 4.35. The molecule has 0 unspecified atom stereocenters. The Bertz CT molecular complexity index is 800. The van der Waals surface area contributed by atoms with E-state index < -0.39 is 35.4 Å². The lowest BCUT2D eigenvalue weighted by atomic mass is 10.2. The SMILES string of the molecule is CN=C(NCc1c(F)c(F)cc(F)c1F)NCc1cc(Cl)c(Cl)n1C.I. The second-order valence-corrected chi connectivity index (χ2v) is 5.82. The maximum atomic E-state index is 13.6. The fourth-order valence-corrected chi connectivity index (χ4v) is 2.52. The quantitative estimate of drug-likeness (QED) is 0.205. The van der Waals surface area contributed by atoms with Crippen molar-refractivity contribution >= 4 is 53.1 Å². The predicted molar refractivity (Wildman–Crippen MR) is 104 cm³/mol. The summed E-state index contributed by atoms with van der Waals surface area (Å²) in [6.07, 6.45) is 0. The zero-order valence-electron chi connectivity index (χ0n) is 13.6. The smallest absolute Gasteiger partial charge is 0.191 e. The van der Waals surface area contributed by atoms with Crippen molar-refractivity contribution in [1.29, 1.82) is 0 Å². The summed E-state index contributed by atoms with van der Waals surface area (Å²) in [4.78, 5) is 3.87. The first-order chi connectivity index (χ1) is 11.8. The summed E-state index contributed by atoms with van der Waals surface area (Å²) in [5.74, 6) is -5.68. The molecule has 0 saturated heterocycles. The van der Waals surface area contributed by atoms with Crippen LogP contribution in [0.2, 0.25) is 10.2 Å². The number of aliphatic imine (C=N–C) groups is 1. The molecule has 0 bridgehead atoms. The zero-order chi connectivity index (χ0) is 18.7. The molecule has 1 aromatic carbocycles. The fourth-order valence-electron chi connectivity index (χ4n) is 2.10. The summed E-state index contributed by atoms with van der Waals surface area (Å²) < 4.78 is 55.3. The van der Waals surface area contributed by atoms with Crippen molar-refractivity contribution in [3.05, 3.63) is 56.8 Å². The maximum Gasteiger partial charge on any atom is 0.191 e. The molecule has 1 heterocycles. The van der Waals surface area contributed by atoms with Gasteiger partial charge in [0.2, 0.25) is 0 Å². The Morgan fingerprint density at radius 1 is 1.04 bits per heavy atom. The number of aromatic nitrogens is 1. The summed E-state index contributed by atoms with van der Waals surface area (Å²) in [5.41, 5.74) is -0.0301. The lowest BCUT2D eigenvalue weighted by molar-refractivity contribution is 0.437. The number of nitrogens with zero attached hydrogens (tertiary/aromatic N) is 2. The highest BCUT2D eigenvalue weighted by atomic mass is 127. The van der Waals surface area contributed by atoms with Crippen LogP contribution in [0.3, 0.4) is 0 Å². The largest absolute Gasteiger partial charge is 0.352 e. The van der Waals surface area contributed by atoms with Gasteiger partial charge < -0.3 is 15.2 Å². The van der Waals surface area contributed by atoms with Gasteiger partial charge in [-0.3, -0.25) is 4.99 Å². The van der Waals surface area contributed by atoms with Gasteiger partial charge in [-0.05, 0) is 6.07 Å². The number of benzene rings is 1. The Hall–Kier alpha value is -1.20. The molecule has 0 spiro atoms. The predicted octanol–water partition coefficient (Wildman–Crippen LogP) is 4.37. The maximum absolute atomic E-state index is 13.6. The van der Waals surface area contributed by atoms with Crippen molar-refractivity contribution in [2.75, 3.05) is 7.05 Å². The van der Waals surface area contributed by atoms with E-state index in [4.69, 9.17) is 23.2 Å². The number of rotatable bonds is 4. The normalized spacial score (nSPS) is 11.3. The molecule has 11 heteroatoms. The van der Waals surface area contributed by atoms with Crippen LogP contribution in [-0.2, 0) is 20.1 Å². The van der Waals surface area contributed by atoms with Gasteiger partial charge in [0.05, 0.1) is 11.6 Å². The van der Waals surface area contributed by atoms with E-state index in [2.05, 4.69) is 15.6 Å². The van der Waals surface area contributed by atoms with Crippen LogP contribution < -0.4 is 10.6 Å². The van der Waals surface area contributed by atoms with E-state index in [1.54, 1.807) is 17.7 Å². The van der Waals surface area contributed by atoms with Crippen LogP contribution in [-0.4, -0.2) is 17.6 Å². The van der Waals surface area contributed by atoms with Gasteiger partial charge in [0.1, 0.15) is 5.15 Å². The summed E-state index contributed by atoms with van der Waals surface area (Å²) in [5, 5.41) is 6.20. The number of nitrogens with one attached hydrogen (secondary N) is 2. The third kappa shape index (κ3) is 4.95. The second kappa shape index (κ2) is 9.65. The molecule has 0 fully saturated rings. The Kier molecular flexibility index (Phi) is 8.48. The molecular weight excluding hydrogens is 510 g/mol. The Balaban J connectivity index is 0.00000338. The zero-order valence-corrected chi connectivity index (χ0v) is 17.5. The molecule has 0 saturated carbocycles. The minimum Gasteiger partial charge on any atom is -0.352 e. The van der Waals surface area contributed by atoms with Crippen LogP contribution in [0.4, 0.5) is 17.6 Å². The van der Waals surface area contributed by atoms with Gasteiger partial charge in [-0.2, -0.15) is 0 Å². The van der Waals surface area contributed by atoms with Gasteiger partial charge in [0.25, 0.3) is 0 Å². The van der Waals surface area contributed by atoms with Gasteiger partial charge >= 0.3 is 0 Å². The molecule has 26 heavy (non-hydrogen) atoms. The molecule has 0 aliphatic carbocycles. The molecule has 4 nitrogen and oxygen atoms in total. The van der Waals surface area contributed by atoms with Crippen LogP contribution in [0.15, 0.2) is 17.1 Å². The van der Waals surface area contributed by atoms with E-state index in [1.165, 1.54) is 7.05 Å². The average molecular weight is 525 g/mol. The highest BCUT2D eigenvalue weighted by Crippen LogP contribution is 2.25. The van der Waals surface area contributed by atoms with Crippen molar-refractivity contribution in [3.8, 4) is 0 Å². The van der Waals surface area contributed by atoms with Crippen molar-refractivity contribution in [2.24, 2.45) is 12.0 Å². The summed E-state index contributed by atoms with van der Waals surface area (Å²) in [6.45, 7) is -0.244. The highest BCUT2D eigenvalue weighted by Gasteiger charge is 2.19. The summed E-state index contributed by atoms with van der Waals surface area (Å²) >= 11 is 11.9. The van der Waals surface area contributed by atoms with Crippen molar-refractivity contribution in [2.45, 2.75) is 13.1 Å². The van der Waals surface area contributed by atoms with Crippen LogP contribution in [0.25, 0.3) is 0 Å². The highest BCUT2D eigenvalue weighted by molar-refractivity contribution is 14.0. The fraction of sp³-hybridized carbons (Fsp3) is 0.267. The molecule has 0 radical (unpaired) electrons. The molecule has 0 atom stereocenters. The first-order valence-electron chi connectivity index (χ1n) is 7.02. The monoisotopic (exact) mass is 524 g/mol. The van der Waals surface area contributed by atoms with Crippen molar-refractivity contribution < 1.29 is 17.6 Å². The van der Waals surface area contributed by atoms with E-state index in [0.29, 0.717) is 10.2 Å². The van der Waals surface area contributed by atoms with Crippen molar-refractivity contribution in [3.63, 3.8) is 0 Å². The molecule has 0 aliphatic heterocycles. The average Bonchev–Trinajstić information content (AvgIpc) is 2.82. The van der Waals surface area contributed by atoms with E-state index in [-0.39, 0.29) is 42.5 Å². The molecular formula is C15H15Cl2F4IN4. The minimum absolute atomic E-state index is 0. The molecule has 0 aliphatic rings. The van der Waals surface area contributed by atoms with Gasteiger partial charge in [0.15, 0.2) is 29.2 Å². The summed E-state index contributed by atoms with van der Waals surface area (Å²) in [7, 11) is 3.14. The number of hydrogen-bond donors (Lipinski definition) is 2. The Morgan fingerprint density at radius 2 is 1.58 bits per heavy atom. The van der Waals surface area contributed by atoms with Gasteiger partial charge in [-0.1, -0.05) is 23.2 Å². The molecule has 1 aromatic heterocycles. The van der Waals surface area contributed by atoms with E-state index in [1.807, 2.05) is 0 Å². The first-order valence-corrected chi connectivity index (χ1v) is 7.77. The number of guanidine groups is 1. The summed E-state index contributed by atoms with van der Waals surface area (Å²) in [6, 6.07) is 1.80. The molecule has 2 aromatic rings. The van der Waals surface area contributed by atoms with Crippen LogP contribution >= 0.6 is 47.2 Å². The minimum atomic E-state index is -1.47. The number of hydrogen-bond acceptors (Lipinski definition) is 1. The Morgan fingerprint density at radius 3 is 2.04 bits per heavy atom. The third-order valence-electron chi connectivity index (χ3n) is 3.51. The second-order valence-electron chi connectivity index (χ2n) is 5.06. The van der Waals surface area contributed by atoms with E-state index in [0.717, 1.165) is 5.69 Å². The topological polar surface area (TPSA) is 41.4 Å². The van der Waals surface area contributed by atoms with Gasteiger partial charge in [-0.15, -0.1) is 24.0 Å². The van der Waals surface area contributed by atoms with E-state index >= 15 is 0 Å². The lowest BCUT2D eigenvalue weighted by Gasteiger charge is -2.13. The standard InChI is InChI=1S/C15H14Cl2F4N4.HI/c1-22-15(23-5-7-3-9(16)14(17)25(7)2)24-6-8-12(20)10(18)4-11(19)13(8)21;/h3-4H,5-6H2,1-2H3,(H2,22,23,24);1H.